The fourth-order valence-corrected chi connectivity index (χ4v) is 4.27. The number of ether oxygens (including phenoxy) is 1. The van der Waals surface area contributed by atoms with Gasteiger partial charge in [0.05, 0.1) is 17.9 Å². The standard InChI is InChI=1S/C26H27ClN6O6S/c1-2-39-23-13-19(33-40(30,37)38)11-16(20(23)8-10-24(34)35)14-31-22-9-5-17(27)12-21(22)26(36)32-18-6-3-15(4-7-18)25(28)29/h3-13,31,33H,2,14H2,1H3,(H3,28,29)(H,32,36)(H,34,35)(H2,30,37,38)/b10-8+. The number of hydrogen-bond donors (Lipinski definition) is 7. The first-order chi connectivity index (χ1) is 18.9. The van der Waals surface area contributed by atoms with Crippen LogP contribution in [0.1, 0.15) is 34.0 Å². The Morgan fingerprint density at radius 1 is 1.10 bits per heavy atom. The van der Waals surface area contributed by atoms with E-state index >= 15 is 0 Å². The van der Waals surface area contributed by atoms with Crippen molar-refractivity contribution in [1.82, 2.24) is 0 Å². The largest absolute Gasteiger partial charge is 0.493 e. The molecular formula is C26H27ClN6O6S. The minimum absolute atomic E-state index is 0.0225. The molecule has 9 N–H and O–H groups in total. The van der Waals surface area contributed by atoms with Gasteiger partial charge < -0.3 is 26.2 Å². The third-order valence-electron chi connectivity index (χ3n) is 5.33. The predicted octanol–water partition coefficient (Wildman–Crippen LogP) is 3.60. The molecule has 14 heteroatoms. The lowest BCUT2D eigenvalue weighted by Crippen LogP contribution is -2.22. The normalized spacial score (nSPS) is 11.2. The Morgan fingerprint density at radius 3 is 2.40 bits per heavy atom. The van der Waals surface area contributed by atoms with Crippen LogP contribution in [0.15, 0.2) is 60.7 Å². The average molecular weight is 587 g/mol. The molecule has 0 radical (unpaired) electrons. The molecule has 3 rings (SSSR count). The number of carboxylic acid groups (broad SMARTS) is 1. The summed E-state index contributed by atoms with van der Waals surface area (Å²) in [6.07, 6.45) is 2.25. The number of halogens is 1. The number of nitrogens with one attached hydrogen (secondary N) is 4. The SMILES string of the molecule is CCOc1cc(NS(N)(=O)=O)cc(CNc2ccc(Cl)cc2C(=O)Nc2ccc(C(=N)N)cc2)c1/C=C/C(=O)O. The average Bonchev–Trinajstić information content (AvgIpc) is 2.86. The van der Waals surface area contributed by atoms with Gasteiger partial charge in [0.25, 0.3) is 16.1 Å². The number of carbonyl (C=O) groups is 2. The van der Waals surface area contributed by atoms with Crippen LogP contribution in [-0.4, -0.2) is 37.8 Å². The van der Waals surface area contributed by atoms with E-state index in [0.717, 1.165) is 6.08 Å². The maximum atomic E-state index is 13.1. The second kappa shape index (κ2) is 13.0. The number of aliphatic carboxylic acids is 1. The van der Waals surface area contributed by atoms with E-state index in [1.54, 1.807) is 43.3 Å². The lowest BCUT2D eigenvalue weighted by molar-refractivity contribution is -0.131. The van der Waals surface area contributed by atoms with Gasteiger partial charge in [-0.15, -0.1) is 0 Å². The van der Waals surface area contributed by atoms with E-state index in [4.69, 9.17) is 37.7 Å². The molecule has 0 aliphatic heterocycles. The number of rotatable bonds is 12. The third-order valence-corrected chi connectivity index (χ3v) is 6.08. The summed E-state index contributed by atoms with van der Waals surface area (Å²) in [7, 11) is -4.12. The summed E-state index contributed by atoms with van der Waals surface area (Å²) in [6, 6.07) is 13.9. The van der Waals surface area contributed by atoms with Gasteiger partial charge in [0.15, 0.2) is 0 Å². The Bertz CT molecular complexity index is 1580. The smallest absolute Gasteiger partial charge is 0.328 e. The highest BCUT2D eigenvalue weighted by molar-refractivity contribution is 7.90. The summed E-state index contributed by atoms with van der Waals surface area (Å²) in [5.74, 6) is -1.56. The van der Waals surface area contributed by atoms with Crippen LogP contribution in [-0.2, 0) is 21.5 Å². The molecule has 0 fully saturated rings. The number of amidine groups is 1. The summed E-state index contributed by atoms with van der Waals surface area (Å²) in [5.41, 5.74) is 7.94. The van der Waals surface area contributed by atoms with Gasteiger partial charge in [0, 0.05) is 46.2 Å². The van der Waals surface area contributed by atoms with Crippen LogP contribution in [0.2, 0.25) is 5.02 Å². The molecule has 3 aromatic rings. The molecule has 0 saturated heterocycles. The molecule has 0 heterocycles. The van der Waals surface area contributed by atoms with E-state index in [-0.39, 0.29) is 36.0 Å². The molecule has 0 aliphatic rings. The van der Waals surface area contributed by atoms with E-state index in [0.29, 0.717) is 33.1 Å². The molecule has 0 atom stereocenters. The zero-order valence-electron chi connectivity index (χ0n) is 21.2. The van der Waals surface area contributed by atoms with Crippen LogP contribution in [0.5, 0.6) is 5.75 Å². The Balaban J connectivity index is 1.97. The molecular weight excluding hydrogens is 560 g/mol. The van der Waals surface area contributed by atoms with Crippen molar-refractivity contribution < 1.29 is 27.9 Å². The van der Waals surface area contributed by atoms with E-state index in [2.05, 4.69) is 15.4 Å². The molecule has 0 spiro atoms. The van der Waals surface area contributed by atoms with Crippen molar-refractivity contribution >= 4 is 62.7 Å². The summed E-state index contributed by atoms with van der Waals surface area (Å²) < 4.78 is 31.1. The topological polar surface area (TPSA) is 210 Å². The highest BCUT2D eigenvalue weighted by Gasteiger charge is 2.16. The fraction of sp³-hybridized carbons (Fsp3) is 0.115. The molecule has 0 saturated carbocycles. The molecule has 210 valence electrons. The third kappa shape index (κ3) is 8.46. The van der Waals surface area contributed by atoms with Crippen LogP contribution in [0.25, 0.3) is 6.08 Å². The van der Waals surface area contributed by atoms with E-state index in [9.17, 15) is 18.0 Å². The fourth-order valence-electron chi connectivity index (χ4n) is 3.65. The maximum absolute atomic E-state index is 13.1. The zero-order chi connectivity index (χ0) is 29.4. The van der Waals surface area contributed by atoms with E-state index in [1.165, 1.54) is 24.3 Å². The van der Waals surface area contributed by atoms with Crippen molar-refractivity contribution in [3.8, 4) is 5.75 Å². The predicted molar refractivity (Wildman–Crippen MR) is 155 cm³/mol. The first-order valence-corrected chi connectivity index (χ1v) is 13.6. The van der Waals surface area contributed by atoms with Crippen LogP contribution in [0.3, 0.4) is 0 Å². The molecule has 40 heavy (non-hydrogen) atoms. The van der Waals surface area contributed by atoms with Crippen molar-refractivity contribution in [2.45, 2.75) is 13.5 Å². The van der Waals surface area contributed by atoms with Crippen LogP contribution in [0, 0.1) is 5.41 Å². The number of carboxylic acids is 1. The van der Waals surface area contributed by atoms with Crippen molar-refractivity contribution in [1.29, 1.82) is 5.41 Å². The van der Waals surface area contributed by atoms with Gasteiger partial charge in [-0.25, -0.2) is 9.93 Å². The molecule has 0 aromatic heterocycles. The molecule has 0 bridgehead atoms. The number of hydrogen-bond acceptors (Lipinski definition) is 7. The van der Waals surface area contributed by atoms with Gasteiger partial charge in [-0.2, -0.15) is 8.42 Å². The molecule has 0 aliphatic carbocycles. The highest BCUT2D eigenvalue weighted by Crippen LogP contribution is 2.31. The molecule has 1 amide bonds. The molecule has 0 unspecified atom stereocenters. The Kier molecular flexibility index (Phi) is 9.72. The number of benzene rings is 3. The molecule has 3 aromatic carbocycles. The minimum Gasteiger partial charge on any atom is -0.493 e. The lowest BCUT2D eigenvalue weighted by Gasteiger charge is -2.18. The van der Waals surface area contributed by atoms with Gasteiger partial charge in [0.1, 0.15) is 11.6 Å². The monoisotopic (exact) mass is 586 g/mol. The first kappa shape index (κ1) is 30.0. The van der Waals surface area contributed by atoms with Crippen molar-refractivity contribution in [2.24, 2.45) is 10.9 Å². The number of nitrogens with two attached hydrogens (primary N) is 2. The number of anilines is 3. The summed E-state index contributed by atoms with van der Waals surface area (Å²) in [5, 5.41) is 28.0. The van der Waals surface area contributed by atoms with Gasteiger partial charge in [-0.3, -0.25) is 14.9 Å². The Labute approximate surface area is 235 Å². The number of carbonyl (C=O) groups excluding carboxylic acids is 1. The van der Waals surface area contributed by atoms with Gasteiger partial charge >= 0.3 is 5.97 Å². The second-order valence-corrected chi connectivity index (χ2v) is 10.0. The number of amides is 1. The van der Waals surface area contributed by atoms with Crippen molar-refractivity contribution in [2.75, 3.05) is 22.0 Å². The van der Waals surface area contributed by atoms with Crippen LogP contribution < -0.4 is 31.0 Å². The second-order valence-electron chi connectivity index (χ2n) is 8.29. The minimum atomic E-state index is -4.12. The summed E-state index contributed by atoms with van der Waals surface area (Å²) in [6.45, 7) is 1.96. The first-order valence-electron chi connectivity index (χ1n) is 11.7. The quantitative estimate of drug-likeness (QED) is 0.0944. The van der Waals surface area contributed by atoms with Crippen molar-refractivity contribution in [3.05, 3.63) is 87.9 Å². The van der Waals surface area contributed by atoms with Crippen LogP contribution >= 0.6 is 11.6 Å². The van der Waals surface area contributed by atoms with Crippen molar-refractivity contribution in [3.63, 3.8) is 0 Å². The van der Waals surface area contributed by atoms with E-state index in [1.807, 2.05) is 0 Å². The molecule has 12 nitrogen and oxygen atoms in total. The maximum Gasteiger partial charge on any atom is 0.328 e. The van der Waals surface area contributed by atoms with Crippen LogP contribution in [0.4, 0.5) is 17.1 Å². The van der Waals surface area contributed by atoms with E-state index < -0.39 is 22.1 Å². The van der Waals surface area contributed by atoms with Gasteiger partial charge in [0.2, 0.25) is 0 Å². The highest BCUT2D eigenvalue weighted by atomic mass is 35.5. The lowest BCUT2D eigenvalue weighted by atomic mass is 10.0. The summed E-state index contributed by atoms with van der Waals surface area (Å²) in [4.78, 5) is 24.4. The van der Waals surface area contributed by atoms with Gasteiger partial charge in [-0.05, 0) is 67.1 Å². The Morgan fingerprint density at radius 2 is 1.80 bits per heavy atom. The number of nitrogen functional groups attached to an aromatic ring is 1. The van der Waals surface area contributed by atoms with Gasteiger partial charge in [-0.1, -0.05) is 11.6 Å². The zero-order valence-corrected chi connectivity index (χ0v) is 22.8. The summed E-state index contributed by atoms with van der Waals surface area (Å²) >= 11 is 6.17. The Hall–Kier alpha value is -4.59.